The van der Waals surface area contributed by atoms with E-state index < -0.39 is 0 Å². The number of pyridine rings is 4. The molecule has 0 spiro atoms. The maximum Gasteiger partial charge on any atom is 0.0791 e. The Bertz CT molecular complexity index is 2690. The first-order valence-electron chi connectivity index (χ1n) is 18.1. The smallest absolute Gasteiger partial charge is 0.0791 e. The van der Waals surface area contributed by atoms with Crippen molar-refractivity contribution in [3.8, 4) is 55.9 Å². The first-order chi connectivity index (χ1) is 26.4. The fourth-order valence-corrected chi connectivity index (χ4v) is 6.97. The third-order valence-corrected chi connectivity index (χ3v) is 9.58. The van der Waals surface area contributed by atoms with Gasteiger partial charge in [0.1, 0.15) is 0 Å². The molecule has 0 aliphatic rings. The summed E-state index contributed by atoms with van der Waals surface area (Å²) in [4.78, 5) is 18.7. The van der Waals surface area contributed by atoms with Crippen LogP contribution in [0.15, 0.2) is 158 Å². The Hall–Kier alpha value is -6.13. The van der Waals surface area contributed by atoms with Crippen molar-refractivity contribution >= 4 is 21.8 Å². The van der Waals surface area contributed by atoms with Gasteiger partial charge in [0.05, 0.1) is 11.0 Å². The van der Waals surface area contributed by atoms with Gasteiger partial charge in [-0.25, -0.2) is 0 Å². The molecule has 9 rings (SSSR count). The average molecular weight is 887 g/mol. The maximum absolute atomic E-state index is 4.99. The first-order valence-corrected chi connectivity index (χ1v) is 18.1. The second kappa shape index (κ2) is 16.5. The Kier molecular flexibility index (Phi) is 11.1. The molecule has 4 aromatic heterocycles. The number of hydrogen-bond acceptors (Lipinski definition) is 4. The van der Waals surface area contributed by atoms with E-state index in [0.29, 0.717) is 0 Å². The Balaban J connectivity index is 0.000000206. The van der Waals surface area contributed by atoms with E-state index in [2.05, 4.69) is 116 Å². The summed E-state index contributed by atoms with van der Waals surface area (Å²) in [6, 6.07) is 54.6. The molecule has 0 saturated heterocycles. The maximum atomic E-state index is 4.99. The third-order valence-electron chi connectivity index (χ3n) is 9.58. The largest absolute Gasteiger partial charge is 0.305 e. The van der Waals surface area contributed by atoms with Crippen LogP contribution in [0.1, 0.15) is 22.4 Å². The van der Waals surface area contributed by atoms with Gasteiger partial charge < -0.3 is 9.97 Å². The van der Waals surface area contributed by atoms with Crippen LogP contribution in [-0.2, 0) is 20.1 Å². The monoisotopic (exact) mass is 887 g/mol. The van der Waals surface area contributed by atoms with Crippen molar-refractivity contribution in [2.45, 2.75) is 27.7 Å². The summed E-state index contributed by atoms with van der Waals surface area (Å²) in [7, 11) is 0. The Labute approximate surface area is 336 Å². The van der Waals surface area contributed by atoms with Gasteiger partial charge in [-0.1, -0.05) is 96.4 Å². The summed E-state index contributed by atoms with van der Waals surface area (Å²) < 4.78 is 0. The summed E-state index contributed by atoms with van der Waals surface area (Å²) in [6.07, 6.45) is 5.57. The van der Waals surface area contributed by atoms with Crippen LogP contribution in [0.4, 0.5) is 0 Å². The van der Waals surface area contributed by atoms with Crippen LogP contribution in [0.2, 0.25) is 0 Å². The number of benzene rings is 5. The topological polar surface area (TPSA) is 51.6 Å². The van der Waals surface area contributed by atoms with E-state index in [1.807, 2.05) is 92.2 Å². The molecular weight excluding hydrogens is 849 g/mol. The van der Waals surface area contributed by atoms with Crippen molar-refractivity contribution in [1.82, 2.24) is 19.9 Å². The second-order valence-electron chi connectivity index (χ2n) is 13.6. The molecule has 0 fully saturated rings. The zero-order valence-corrected chi connectivity index (χ0v) is 33.5. The summed E-state index contributed by atoms with van der Waals surface area (Å²) in [6.45, 7) is 8.42. The molecule has 0 unspecified atom stereocenters. The Morgan fingerprint density at radius 1 is 0.509 bits per heavy atom. The van der Waals surface area contributed by atoms with Crippen molar-refractivity contribution in [1.29, 1.82) is 0 Å². The molecule has 0 N–H and O–H groups in total. The number of hydrogen-bond donors (Lipinski definition) is 0. The van der Waals surface area contributed by atoms with Crippen LogP contribution >= 0.6 is 0 Å². The molecule has 55 heavy (non-hydrogen) atoms. The predicted octanol–water partition coefficient (Wildman–Crippen LogP) is 12.4. The second-order valence-corrected chi connectivity index (χ2v) is 13.6. The predicted molar refractivity (Wildman–Crippen MR) is 223 cm³/mol. The molecule has 1 radical (unpaired) electrons. The quantitative estimate of drug-likeness (QED) is 0.128. The van der Waals surface area contributed by atoms with E-state index in [1.165, 1.54) is 27.8 Å². The first kappa shape index (κ1) is 37.2. The number of aryl methyl sites for hydroxylation is 4. The molecule has 4 heterocycles. The number of nitrogens with zero attached hydrogens (tertiary/aromatic N) is 4. The summed E-state index contributed by atoms with van der Waals surface area (Å²) in [5, 5.41) is 2.28. The molecule has 0 atom stereocenters. The SMILES string of the molecule is Cc1cc(-c2cc(-c3ccccn3)[c-]cc2C)cc(-c2cc3ncc(C)cc3c3ccc(C)nc23)c1.[Ir].[c-]1cccc(-c2ccccc2)c1-c1ccccn1. The zero-order valence-electron chi connectivity index (χ0n) is 31.1. The van der Waals surface area contributed by atoms with E-state index in [0.717, 1.165) is 72.3 Å². The summed E-state index contributed by atoms with van der Waals surface area (Å²) >= 11 is 0. The van der Waals surface area contributed by atoms with Gasteiger partial charge in [-0.05, 0) is 90.8 Å². The number of fused-ring (bicyclic) bond motifs is 3. The van der Waals surface area contributed by atoms with Gasteiger partial charge in [0.25, 0.3) is 0 Å². The molecule has 0 bridgehead atoms. The van der Waals surface area contributed by atoms with Crippen LogP contribution in [0.3, 0.4) is 0 Å². The van der Waals surface area contributed by atoms with Crippen LogP contribution in [0, 0.1) is 39.8 Å². The van der Waals surface area contributed by atoms with Gasteiger partial charge in [-0.3, -0.25) is 9.97 Å². The van der Waals surface area contributed by atoms with Gasteiger partial charge in [-0.15, -0.1) is 59.2 Å². The molecule has 0 saturated carbocycles. The number of rotatable bonds is 5. The van der Waals surface area contributed by atoms with E-state index in [4.69, 9.17) is 9.97 Å². The fourth-order valence-electron chi connectivity index (χ4n) is 6.97. The minimum absolute atomic E-state index is 0. The molecule has 0 amide bonds. The molecule has 5 aromatic carbocycles. The number of aromatic nitrogens is 4. The normalized spacial score (nSPS) is 10.8. The standard InChI is InChI=1S/C33H26N3.C17H12N.Ir/c1-20-13-25(28-17-24(10-8-22(28)3)31-7-5-6-12-34-31)16-26(14-20)29-18-32-30(15-21(2)19-35-32)27-11-9-23(4)36-33(27)29;1-2-8-14(9-3-1)15-10-4-5-11-16(15)17-12-6-7-13-18-17;/h5-9,11-19H,1-4H3;1-10,12-13H;/q2*-1;. The molecular formula is C50H38IrN4-2. The van der Waals surface area contributed by atoms with Gasteiger partial charge in [-0.2, -0.15) is 0 Å². The Morgan fingerprint density at radius 2 is 1.24 bits per heavy atom. The third kappa shape index (κ3) is 8.05. The van der Waals surface area contributed by atoms with Gasteiger partial charge in [0.2, 0.25) is 0 Å². The van der Waals surface area contributed by atoms with Crippen molar-refractivity contribution in [2.75, 3.05) is 0 Å². The van der Waals surface area contributed by atoms with Crippen LogP contribution in [0.25, 0.3) is 77.7 Å². The van der Waals surface area contributed by atoms with Gasteiger partial charge >= 0.3 is 0 Å². The minimum Gasteiger partial charge on any atom is -0.305 e. The molecule has 269 valence electrons. The fraction of sp³-hybridized carbons (Fsp3) is 0.0800. The van der Waals surface area contributed by atoms with Crippen LogP contribution in [-0.4, -0.2) is 19.9 Å². The minimum atomic E-state index is 0. The Morgan fingerprint density at radius 3 is 1.98 bits per heavy atom. The van der Waals surface area contributed by atoms with Crippen molar-refractivity contribution < 1.29 is 20.1 Å². The van der Waals surface area contributed by atoms with Crippen LogP contribution < -0.4 is 0 Å². The van der Waals surface area contributed by atoms with Crippen molar-refractivity contribution in [2.24, 2.45) is 0 Å². The molecule has 4 nitrogen and oxygen atoms in total. The van der Waals surface area contributed by atoms with E-state index in [1.54, 1.807) is 0 Å². The van der Waals surface area contributed by atoms with E-state index in [9.17, 15) is 0 Å². The van der Waals surface area contributed by atoms with Crippen LogP contribution in [0.5, 0.6) is 0 Å². The molecule has 9 aromatic rings. The van der Waals surface area contributed by atoms with Crippen molar-refractivity contribution in [3.05, 3.63) is 193 Å². The van der Waals surface area contributed by atoms with Gasteiger partial charge in [0, 0.05) is 60.7 Å². The summed E-state index contributed by atoms with van der Waals surface area (Å²) in [5.41, 5.74) is 17.4. The zero-order chi connectivity index (χ0) is 37.0. The average Bonchev–Trinajstić information content (AvgIpc) is 3.21. The van der Waals surface area contributed by atoms with Crippen molar-refractivity contribution in [3.63, 3.8) is 0 Å². The van der Waals surface area contributed by atoms with Gasteiger partial charge in [0.15, 0.2) is 0 Å². The van der Waals surface area contributed by atoms with E-state index in [-0.39, 0.29) is 20.1 Å². The van der Waals surface area contributed by atoms with E-state index >= 15 is 0 Å². The summed E-state index contributed by atoms with van der Waals surface area (Å²) in [5.74, 6) is 0. The molecule has 0 aliphatic heterocycles. The molecule has 0 aliphatic carbocycles. The molecule has 5 heteroatoms.